The second-order valence-electron chi connectivity index (χ2n) is 8.05. The topological polar surface area (TPSA) is 114 Å². The summed E-state index contributed by atoms with van der Waals surface area (Å²) in [6, 6.07) is 11.2. The second-order valence-corrected chi connectivity index (χ2v) is 8.05. The van der Waals surface area contributed by atoms with Crippen LogP contribution in [0.25, 0.3) is 0 Å². The van der Waals surface area contributed by atoms with Crippen LogP contribution >= 0.6 is 0 Å². The van der Waals surface area contributed by atoms with E-state index < -0.39 is 13.1 Å². The van der Waals surface area contributed by atoms with Gasteiger partial charge >= 0.3 is 7.12 Å². The van der Waals surface area contributed by atoms with Gasteiger partial charge in [0.15, 0.2) is 0 Å². The minimum absolute atomic E-state index is 0.0983. The third kappa shape index (κ3) is 7.01. The zero-order chi connectivity index (χ0) is 22.1. The van der Waals surface area contributed by atoms with Gasteiger partial charge in [-0.2, -0.15) is 5.26 Å². The molecule has 7 nitrogen and oxygen atoms in total. The zero-order valence-corrected chi connectivity index (χ0v) is 17.6. The van der Waals surface area contributed by atoms with Crippen LogP contribution in [0.3, 0.4) is 0 Å². The highest BCUT2D eigenvalue weighted by Crippen LogP contribution is 2.23. The van der Waals surface area contributed by atoms with Gasteiger partial charge in [-0.3, -0.25) is 9.59 Å². The second kappa shape index (κ2) is 11.5. The lowest BCUT2D eigenvalue weighted by atomic mass is 9.76. The van der Waals surface area contributed by atoms with Crippen molar-refractivity contribution in [3.05, 3.63) is 47.5 Å². The van der Waals surface area contributed by atoms with E-state index in [1.807, 2.05) is 50.2 Å². The predicted molar refractivity (Wildman–Crippen MR) is 115 cm³/mol. The van der Waals surface area contributed by atoms with Gasteiger partial charge in [-0.05, 0) is 37.2 Å². The van der Waals surface area contributed by atoms with Crippen LogP contribution in [0.5, 0.6) is 0 Å². The highest BCUT2D eigenvalue weighted by Gasteiger charge is 2.31. The summed E-state index contributed by atoms with van der Waals surface area (Å²) in [5, 5.41) is 31.2. The number of nitriles is 1. The normalized spacial score (nSPS) is 17.5. The van der Waals surface area contributed by atoms with Gasteiger partial charge in [0.05, 0.1) is 5.94 Å². The number of hydrogen-bond acceptors (Lipinski definition) is 5. The molecule has 0 spiro atoms. The third-order valence-corrected chi connectivity index (χ3v) is 5.20. The SMILES string of the molecule is CC(C)C=C(C#N)C(=O)N1CCC[C@@H]1CCC(=O)N[C@@H](Cc1ccccc1)B(O)O. The van der Waals surface area contributed by atoms with Crippen molar-refractivity contribution in [3.8, 4) is 6.07 Å². The molecular formula is C22H30BN3O4. The Hall–Kier alpha value is -2.63. The first-order valence-corrected chi connectivity index (χ1v) is 10.4. The van der Waals surface area contributed by atoms with Gasteiger partial charge in [-0.25, -0.2) is 0 Å². The van der Waals surface area contributed by atoms with Crippen molar-refractivity contribution >= 4 is 18.9 Å². The summed E-state index contributed by atoms with van der Waals surface area (Å²) in [4.78, 5) is 26.8. The van der Waals surface area contributed by atoms with Crippen LogP contribution in [-0.4, -0.2) is 52.4 Å². The average Bonchev–Trinajstić information content (AvgIpc) is 3.18. The van der Waals surface area contributed by atoms with Crippen LogP contribution in [0.15, 0.2) is 42.0 Å². The van der Waals surface area contributed by atoms with Gasteiger partial charge in [0, 0.05) is 19.0 Å². The lowest BCUT2D eigenvalue weighted by Gasteiger charge is -2.25. The van der Waals surface area contributed by atoms with Crippen molar-refractivity contribution in [2.24, 2.45) is 5.92 Å². The summed E-state index contributed by atoms with van der Waals surface area (Å²) >= 11 is 0. The molecule has 160 valence electrons. The van der Waals surface area contributed by atoms with Crippen LogP contribution in [-0.2, 0) is 16.0 Å². The first-order valence-electron chi connectivity index (χ1n) is 10.4. The van der Waals surface area contributed by atoms with Crippen molar-refractivity contribution in [2.75, 3.05) is 6.54 Å². The molecule has 1 aromatic rings. The maximum absolute atomic E-state index is 12.7. The van der Waals surface area contributed by atoms with Crippen LogP contribution in [0.1, 0.15) is 45.1 Å². The van der Waals surface area contributed by atoms with Crippen molar-refractivity contribution in [1.29, 1.82) is 5.26 Å². The number of benzene rings is 1. The molecule has 1 fully saturated rings. The Morgan fingerprint density at radius 1 is 1.33 bits per heavy atom. The Labute approximate surface area is 178 Å². The molecule has 2 atom stereocenters. The summed E-state index contributed by atoms with van der Waals surface area (Å²) in [6.45, 7) is 4.41. The van der Waals surface area contributed by atoms with Crippen LogP contribution in [0.2, 0.25) is 0 Å². The fourth-order valence-electron chi connectivity index (χ4n) is 3.72. The standard InChI is InChI=1S/C22H30BN3O4/c1-16(2)13-18(15-24)22(28)26-12-6-9-19(26)10-11-21(27)25-20(23(29)30)14-17-7-4-3-5-8-17/h3-5,7-8,13,16,19-20,29-30H,6,9-12,14H2,1-2H3,(H,25,27)/t19-,20+/m1/s1. The molecule has 0 unspecified atom stereocenters. The number of nitrogens with one attached hydrogen (secondary N) is 1. The molecule has 0 aromatic heterocycles. The molecule has 0 radical (unpaired) electrons. The van der Waals surface area contributed by atoms with E-state index >= 15 is 0 Å². The van der Waals surface area contributed by atoms with E-state index in [-0.39, 0.29) is 35.8 Å². The van der Waals surface area contributed by atoms with Gasteiger partial charge in [0.1, 0.15) is 11.6 Å². The summed E-state index contributed by atoms with van der Waals surface area (Å²) in [6.07, 6.45) is 4.24. The molecule has 2 amide bonds. The Morgan fingerprint density at radius 3 is 2.63 bits per heavy atom. The molecule has 1 saturated heterocycles. The van der Waals surface area contributed by atoms with Gasteiger partial charge in [-0.15, -0.1) is 0 Å². The molecule has 1 aromatic carbocycles. The molecule has 0 aliphatic carbocycles. The fourth-order valence-corrected chi connectivity index (χ4v) is 3.72. The Morgan fingerprint density at radius 2 is 2.03 bits per heavy atom. The van der Waals surface area contributed by atoms with E-state index in [1.54, 1.807) is 11.0 Å². The lowest BCUT2D eigenvalue weighted by molar-refractivity contribution is -0.128. The highest BCUT2D eigenvalue weighted by atomic mass is 16.4. The smallest absolute Gasteiger partial charge is 0.426 e. The number of rotatable bonds is 9. The monoisotopic (exact) mass is 411 g/mol. The minimum Gasteiger partial charge on any atom is -0.426 e. The van der Waals surface area contributed by atoms with Gasteiger partial charge in [-0.1, -0.05) is 50.3 Å². The van der Waals surface area contributed by atoms with Crippen LogP contribution < -0.4 is 5.32 Å². The van der Waals surface area contributed by atoms with Crippen molar-refractivity contribution < 1.29 is 19.6 Å². The molecule has 30 heavy (non-hydrogen) atoms. The number of amides is 2. The first-order chi connectivity index (χ1) is 14.3. The number of likely N-dealkylation sites (tertiary alicyclic amines) is 1. The van der Waals surface area contributed by atoms with E-state index in [4.69, 9.17) is 0 Å². The Balaban J connectivity index is 1.92. The van der Waals surface area contributed by atoms with E-state index in [9.17, 15) is 24.9 Å². The zero-order valence-electron chi connectivity index (χ0n) is 17.6. The summed E-state index contributed by atoms with van der Waals surface area (Å²) in [7, 11) is -1.67. The maximum Gasteiger partial charge on any atom is 0.475 e. The lowest BCUT2D eigenvalue weighted by Crippen LogP contribution is -2.48. The van der Waals surface area contributed by atoms with E-state index in [2.05, 4.69) is 5.32 Å². The van der Waals surface area contributed by atoms with E-state index in [0.717, 1.165) is 18.4 Å². The van der Waals surface area contributed by atoms with E-state index in [1.165, 1.54) is 0 Å². The maximum atomic E-state index is 12.7. The number of allylic oxidation sites excluding steroid dienone is 1. The van der Waals surface area contributed by atoms with Crippen LogP contribution in [0, 0.1) is 17.2 Å². The molecular weight excluding hydrogens is 381 g/mol. The fraction of sp³-hybridized carbons (Fsp3) is 0.500. The third-order valence-electron chi connectivity index (χ3n) is 5.20. The summed E-state index contributed by atoms with van der Waals surface area (Å²) in [5.74, 6) is -1.27. The minimum atomic E-state index is -1.67. The molecule has 8 heteroatoms. The molecule has 2 rings (SSSR count). The average molecular weight is 411 g/mol. The summed E-state index contributed by atoms with van der Waals surface area (Å²) in [5.41, 5.74) is 1.04. The molecule has 1 aliphatic heterocycles. The number of hydrogen-bond donors (Lipinski definition) is 3. The quantitative estimate of drug-likeness (QED) is 0.325. The molecule has 3 N–H and O–H groups in total. The number of carbonyl (C=O) groups is 2. The largest absolute Gasteiger partial charge is 0.475 e. The molecule has 1 heterocycles. The van der Waals surface area contributed by atoms with E-state index in [0.29, 0.717) is 19.4 Å². The van der Waals surface area contributed by atoms with Gasteiger partial charge < -0.3 is 20.3 Å². The molecule has 1 aliphatic rings. The van der Waals surface area contributed by atoms with Crippen molar-refractivity contribution in [1.82, 2.24) is 10.2 Å². The Kier molecular flexibility index (Phi) is 9.09. The van der Waals surface area contributed by atoms with Crippen molar-refractivity contribution in [2.45, 2.75) is 57.9 Å². The van der Waals surface area contributed by atoms with Gasteiger partial charge in [0.25, 0.3) is 5.91 Å². The van der Waals surface area contributed by atoms with Crippen molar-refractivity contribution in [3.63, 3.8) is 0 Å². The summed E-state index contributed by atoms with van der Waals surface area (Å²) < 4.78 is 0. The van der Waals surface area contributed by atoms with Gasteiger partial charge in [0.2, 0.25) is 5.91 Å². The van der Waals surface area contributed by atoms with Crippen LogP contribution in [0.4, 0.5) is 0 Å². The predicted octanol–water partition coefficient (Wildman–Crippen LogP) is 1.60. The highest BCUT2D eigenvalue weighted by molar-refractivity contribution is 6.43. The first kappa shape index (κ1) is 23.7. The number of carbonyl (C=O) groups excluding carboxylic acids is 2. The number of nitrogens with zero attached hydrogens (tertiary/aromatic N) is 2. The molecule has 0 bridgehead atoms. The molecule has 0 saturated carbocycles. The Bertz CT molecular complexity index is 789.